The van der Waals surface area contributed by atoms with E-state index in [1.165, 1.54) is 16.7 Å². The molecule has 1 aromatic rings. The summed E-state index contributed by atoms with van der Waals surface area (Å²) in [5, 5.41) is 8.75. The first-order chi connectivity index (χ1) is 9.58. The van der Waals surface area contributed by atoms with Crippen LogP contribution in [0.3, 0.4) is 0 Å². The van der Waals surface area contributed by atoms with Gasteiger partial charge in [-0.2, -0.15) is 5.10 Å². The third-order valence-corrected chi connectivity index (χ3v) is 3.87. The number of para-hydroxylation sites is 1. The van der Waals surface area contributed by atoms with Gasteiger partial charge >= 0.3 is 0 Å². The van der Waals surface area contributed by atoms with Gasteiger partial charge in [-0.3, -0.25) is 9.69 Å². The van der Waals surface area contributed by atoms with Crippen molar-refractivity contribution in [2.75, 3.05) is 13.7 Å². The molecule has 0 bridgehead atoms. The molecule has 2 rings (SSSR count). The van der Waals surface area contributed by atoms with Crippen molar-refractivity contribution in [3.05, 3.63) is 30.3 Å². The molecule has 1 amide bonds. The maximum atomic E-state index is 11.6. The van der Waals surface area contributed by atoms with Crippen LogP contribution in [-0.2, 0) is 4.79 Å². The van der Waals surface area contributed by atoms with E-state index in [1.807, 2.05) is 44.2 Å². The SMILES string of the molecule is C/C(COc1ccccc1)=N\N=C1\SC(C)C(=O)N1C. The second kappa shape index (κ2) is 6.56. The first-order valence-corrected chi connectivity index (χ1v) is 7.19. The zero-order chi connectivity index (χ0) is 14.5. The molecule has 0 aromatic heterocycles. The van der Waals surface area contributed by atoms with E-state index in [-0.39, 0.29) is 11.2 Å². The Kier molecular flexibility index (Phi) is 4.79. The van der Waals surface area contributed by atoms with Crippen LogP contribution in [-0.4, -0.2) is 40.6 Å². The molecule has 0 N–H and O–H groups in total. The monoisotopic (exact) mass is 291 g/mol. The average molecular weight is 291 g/mol. The summed E-state index contributed by atoms with van der Waals surface area (Å²) in [5.41, 5.74) is 0.752. The van der Waals surface area contributed by atoms with Crippen molar-refractivity contribution in [2.24, 2.45) is 10.2 Å². The minimum atomic E-state index is -0.0881. The molecule has 5 nitrogen and oxygen atoms in total. The van der Waals surface area contributed by atoms with Gasteiger partial charge in [0.1, 0.15) is 12.4 Å². The van der Waals surface area contributed by atoms with Crippen molar-refractivity contribution < 1.29 is 9.53 Å². The fourth-order valence-corrected chi connectivity index (χ4v) is 2.52. The summed E-state index contributed by atoms with van der Waals surface area (Å²) in [5.74, 6) is 0.855. The molecule has 1 aliphatic rings. The molecular formula is C14H17N3O2S. The van der Waals surface area contributed by atoms with Crippen molar-refractivity contribution in [1.82, 2.24) is 4.90 Å². The number of carbonyl (C=O) groups is 1. The summed E-state index contributed by atoms with van der Waals surface area (Å²) < 4.78 is 5.56. The highest BCUT2D eigenvalue weighted by Crippen LogP contribution is 2.25. The number of ether oxygens (including phenoxy) is 1. The highest BCUT2D eigenvalue weighted by Gasteiger charge is 2.32. The molecule has 1 atom stereocenters. The Labute approximate surface area is 122 Å². The van der Waals surface area contributed by atoms with Gasteiger partial charge in [0.25, 0.3) is 0 Å². The lowest BCUT2D eigenvalue weighted by Crippen LogP contribution is -2.26. The van der Waals surface area contributed by atoms with Crippen LogP contribution in [0.5, 0.6) is 5.75 Å². The summed E-state index contributed by atoms with van der Waals surface area (Å²) >= 11 is 1.42. The molecule has 6 heteroatoms. The van der Waals surface area contributed by atoms with Crippen molar-refractivity contribution >= 4 is 28.5 Å². The van der Waals surface area contributed by atoms with Crippen LogP contribution in [0.4, 0.5) is 0 Å². The molecule has 1 fully saturated rings. The van der Waals surface area contributed by atoms with E-state index in [1.54, 1.807) is 7.05 Å². The molecule has 1 heterocycles. The number of amidine groups is 1. The van der Waals surface area contributed by atoms with Gasteiger partial charge in [0.2, 0.25) is 5.91 Å². The number of nitrogens with zero attached hydrogens (tertiary/aromatic N) is 3. The van der Waals surface area contributed by atoms with Crippen LogP contribution in [0.25, 0.3) is 0 Å². The van der Waals surface area contributed by atoms with Crippen LogP contribution < -0.4 is 4.74 Å². The van der Waals surface area contributed by atoms with Crippen LogP contribution in [0.1, 0.15) is 13.8 Å². The van der Waals surface area contributed by atoms with Crippen molar-refractivity contribution in [1.29, 1.82) is 0 Å². The maximum Gasteiger partial charge on any atom is 0.241 e. The Morgan fingerprint density at radius 3 is 2.70 bits per heavy atom. The molecular weight excluding hydrogens is 274 g/mol. The molecule has 1 saturated heterocycles. The Morgan fingerprint density at radius 2 is 2.10 bits per heavy atom. The van der Waals surface area contributed by atoms with E-state index < -0.39 is 0 Å². The number of amides is 1. The molecule has 0 radical (unpaired) electrons. The summed E-state index contributed by atoms with van der Waals surface area (Å²) in [7, 11) is 1.71. The van der Waals surface area contributed by atoms with E-state index in [4.69, 9.17) is 4.74 Å². The van der Waals surface area contributed by atoms with E-state index in [0.717, 1.165) is 11.5 Å². The molecule has 0 spiro atoms. The molecule has 1 aromatic carbocycles. The second-order valence-electron chi connectivity index (χ2n) is 4.48. The van der Waals surface area contributed by atoms with Crippen LogP contribution in [0, 0.1) is 0 Å². The average Bonchev–Trinajstić information content (AvgIpc) is 2.71. The number of carbonyl (C=O) groups excluding carboxylic acids is 1. The van der Waals surface area contributed by atoms with Gasteiger partial charge < -0.3 is 4.74 Å². The summed E-state index contributed by atoms with van der Waals surface area (Å²) in [4.78, 5) is 13.2. The lowest BCUT2D eigenvalue weighted by Gasteiger charge is -2.07. The highest BCUT2D eigenvalue weighted by molar-refractivity contribution is 8.15. The van der Waals surface area contributed by atoms with E-state index in [9.17, 15) is 4.79 Å². The van der Waals surface area contributed by atoms with Crippen LogP contribution >= 0.6 is 11.8 Å². The molecule has 1 unspecified atom stereocenters. The van der Waals surface area contributed by atoms with E-state index >= 15 is 0 Å². The zero-order valence-corrected chi connectivity index (χ0v) is 12.6. The smallest absolute Gasteiger partial charge is 0.241 e. The Balaban J connectivity index is 1.93. The Bertz CT molecular complexity index is 543. The zero-order valence-electron chi connectivity index (χ0n) is 11.7. The van der Waals surface area contributed by atoms with Gasteiger partial charge in [-0.05, 0) is 26.0 Å². The largest absolute Gasteiger partial charge is 0.488 e. The molecule has 20 heavy (non-hydrogen) atoms. The summed E-state index contributed by atoms with van der Waals surface area (Å²) in [6.07, 6.45) is 0. The van der Waals surface area contributed by atoms with Gasteiger partial charge in [0.05, 0.1) is 11.0 Å². The van der Waals surface area contributed by atoms with Crippen molar-refractivity contribution in [3.63, 3.8) is 0 Å². The van der Waals surface area contributed by atoms with Gasteiger partial charge in [0.15, 0.2) is 5.17 Å². The predicted octanol–water partition coefficient (Wildman–Crippen LogP) is 2.39. The standard InChI is InChI=1S/C14H17N3O2S/c1-10(9-19-12-7-5-4-6-8-12)15-16-14-17(3)13(18)11(2)20-14/h4-8,11H,9H2,1-3H3/b15-10+,16-14+. The lowest BCUT2D eigenvalue weighted by molar-refractivity contribution is -0.124. The fraction of sp³-hybridized carbons (Fsp3) is 0.357. The first-order valence-electron chi connectivity index (χ1n) is 6.31. The van der Waals surface area contributed by atoms with Crippen molar-refractivity contribution in [3.8, 4) is 5.75 Å². The minimum absolute atomic E-state index is 0.0575. The number of rotatable bonds is 4. The normalized spacial score (nSPS) is 21.6. The number of hydrogen-bond donors (Lipinski definition) is 0. The Morgan fingerprint density at radius 1 is 1.40 bits per heavy atom. The van der Waals surface area contributed by atoms with Crippen molar-refractivity contribution in [2.45, 2.75) is 19.1 Å². The first kappa shape index (κ1) is 14.6. The van der Waals surface area contributed by atoms with E-state index in [0.29, 0.717) is 11.8 Å². The highest BCUT2D eigenvalue weighted by atomic mass is 32.2. The topological polar surface area (TPSA) is 54.3 Å². The molecule has 1 aliphatic heterocycles. The third-order valence-electron chi connectivity index (χ3n) is 2.74. The van der Waals surface area contributed by atoms with Gasteiger partial charge in [-0.15, -0.1) is 5.10 Å². The second-order valence-corrected chi connectivity index (χ2v) is 5.78. The maximum absolute atomic E-state index is 11.6. The molecule has 106 valence electrons. The number of benzene rings is 1. The fourth-order valence-electron chi connectivity index (χ4n) is 1.61. The quantitative estimate of drug-likeness (QED) is 0.632. The molecule has 0 saturated carbocycles. The number of hydrogen-bond acceptors (Lipinski definition) is 5. The lowest BCUT2D eigenvalue weighted by atomic mass is 10.3. The van der Waals surface area contributed by atoms with Crippen LogP contribution in [0.2, 0.25) is 0 Å². The summed E-state index contributed by atoms with van der Waals surface area (Å²) in [6, 6.07) is 9.55. The van der Waals surface area contributed by atoms with Gasteiger partial charge in [0, 0.05) is 7.05 Å². The molecule has 0 aliphatic carbocycles. The van der Waals surface area contributed by atoms with Gasteiger partial charge in [-0.1, -0.05) is 30.0 Å². The number of thioether (sulfide) groups is 1. The predicted molar refractivity (Wildman–Crippen MR) is 82.3 cm³/mol. The summed E-state index contributed by atoms with van der Waals surface area (Å²) in [6.45, 7) is 4.08. The Hall–Kier alpha value is -1.82. The van der Waals surface area contributed by atoms with Gasteiger partial charge in [-0.25, -0.2) is 0 Å². The van der Waals surface area contributed by atoms with E-state index in [2.05, 4.69) is 10.2 Å². The van der Waals surface area contributed by atoms with Crippen LogP contribution in [0.15, 0.2) is 40.5 Å². The third kappa shape index (κ3) is 3.60. The minimum Gasteiger partial charge on any atom is -0.488 e.